The first-order valence-electron chi connectivity index (χ1n) is 6.77. The molecule has 0 aromatic carbocycles. The van der Waals surface area contributed by atoms with E-state index in [0.717, 1.165) is 6.42 Å². The van der Waals surface area contributed by atoms with Crippen molar-refractivity contribution >= 4 is 0 Å². The molecule has 0 aromatic heterocycles. The fourth-order valence-corrected chi connectivity index (χ4v) is 2.12. The Labute approximate surface area is 102 Å². The molecule has 96 valence electrons. The molecule has 2 heteroatoms. The van der Waals surface area contributed by atoms with Crippen LogP contribution in [-0.2, 0) is 0 Å². The molecule has 16 heavy (non-hydrogen) atoms. The van der Waals surface area contributed by atoms with Gasteiger partial charge in [-0.05, 0) is 45.4 Å². The van der Waals surface area contributed by atoms with Crippen molar-refractivity contribution < 1.29 is 0 Å². The van der Waals surface area contributed by atoms with Crippen LogP contribution >= 0.6 is 0 Å². The van der Waals surface area contributed by atoms with Gasteiger partial charge in [0.15, 0.2) is 0 Å². The zero-order chi connectivity index (χ0) is 12.4. The fourth-order valence-electron chi connectivity index (χ4n) is 2.12. The standard InChI is InChI=1S/C14H30N2/c1-5-7-8-9-13(6-2)14(11-15)10-12(3)16-4/h11-13,16H,5-10,15H2,1-4H3/b14-11-. The largest absolute Gasteiger partial charge is 0.405 e. The van der Waals surface area contributed by atoms with E-state index in [1.807, 2.05) is 13.2 Å². The second-order valence-electron chi connectivity index (χ2n) is 4.74. The molecular formula is C14H30N2. The van der Waals surface area contributed by atoms with Crippen LogP contribution in [0.2, 0.25) is 0 Å². The van der Waals surface area contributed by atoms with Gasteiger partial charge in [0, 0.05) is 6.04 Å². The Morgan fingerprint density at radius 2 is 2.00 bits per heavy atom. The summed E-state index contributed by atoms with van der Waals surface area (Å²) in [5.74, 6) is 0.687. The van der Waals surface area contributed by atoms with Gasteiger partial charge >= 0.3 is 0 Å². The molecule has 0 aliphatic carbocycles. The minimum Gasteiger partial charge on any atom is -0.405 e. The second kappa shape index (κ2) is 9.71. The predicted octanol–water partition coefficient (Wildman–Crippen LogP) is 3.43. The number of nitrogens with two attached hydrogens (primary N) is 1. The van der Waals surface area contributed by atoms with Crippen molar-refractivity contribution in [2.75, 3.05) is 7.05 Å². The summed E-state index contributed by atoms with van der Waals surface area (Å²) in [4.78, 5) is 0. The van der Waals surface area contributed by atoms with Gasteiger partial charge in [-0.15, -0.1) is 0 Å². The lowest BCUT2D eigenvalue weighted by Crippen LogP contribution is -2.23. The molecule has 0 saturated heterocycles. The molecule has 0 amide bonds. The number of rotatable bonds is 9. The van der Waals surface area contributed by atoms with Crippen molar-refractivity contribution in [2.45, 2.75) is 65.3 Å². The molecule has 0 aliphatic rings. The van der Waals surface area contributed by atoms with Crippen molar-refractivity contribution in [1.82, 2.24) is 5.32 Å². The molecule has 0 spiro atoms. The maximum Gasteiger partial charge on any atom is 0.00736 e. The smallest absolute Gasteiger partial charge is 0.00736 e. The highest BCUT2D eigenvalue weighted by molar-refractivity contribution is 5.06. The molecule has 2 nitrogen and oxygen atoms in total. The van der Waals surface area contributed by atoms with E-state index in [0.29, 0.717) is 12.0 Å². The Bertz CT molecular complexity index is 187. The third kappa shape index (κ3) is 6.16. The third-order valence-electron chi connectivity index (χ3n) is 3.42. The molecule has 0 aromatic rings. The number of nitrogens with one attached hydrogen (secondary N) is 1. The normalized spacial score (nSPS) is 16.1. The van der Waals surface area contributed by atoms with Crippen LogP contribution in [0.4, 0.5) is 0 Å². The number of hydrogen-bond acceptors (Lipinski definition) is 2. The minimum absolute atomic E-state index is 0.523. The van der Waals surface area contributed by atoms with Crippen LogP contribution in [0.3, 0.4) is 0 Å². The average Bonchev–Trinajstić information content (AvgIpc) is 2.32. The van der Waals surface area contributed by atoms with Crippen LogP contribution in [0.15, 0.2) is 11.8 Å². The summed E-state index contributed by atoms with van der Waals surface area (Å²) < 4.78 is 0. The monoisotopic (exact) mass is 226 g/mol. The molecule has 0 heterocycles. The number of unbranched alkanes of at least 4 members (excludes halogenated alkanes) is 2. The van der Waals surface area contributed by atoms with Crippen LogP contribution < -0.4 is 11.1 Å². The summed E-state index contributed by atoms with van der Waals surface area (Å²) in [5.41, 5.74) is 7.20. The van der Waals surface area contributed by atoms with Gasteiger partial charge in [-0.25, -0.2) is 0 Å². The maximum absolute atomic E-state index is 5.77. The van der Waals surface area contributed by atoms with Crippen molar-refractivity contribution in [3.63, 3.8) is 0 Å². The SMILES string of the molecule is CCCCCC(CC)/C(=C\N)CC(C)NC. The summed E-state index contributed by atoms with van der Waals surface area (Å²) >= 11 is 0. The van der Waals surface area contributed by atoms with E-state index in [4.69, 9.17) is 5.73 Å². The molecule has 0 saturated carbocycles. The zero-order valence-electron chi connectivity index (χ0n) is 11.6. The Morgan fingerprint density at radius 1 is 1.31 bits per heavy atom. The summed E-state index contributed by atoms with van der Waals surface area (Å²) in [6, 6.07) is 0.523. The fraction of sp³-hybridized carbons (Fsp3) is 0.857. The van der Waals surface area contributed by atoms with Crippen molar-refractivity contribution in [3.8, 4) is 0 Å². The molecule has 2 atom stereocenters. The first-order valence-corrected chi connectivity index (χ1v) is 6.77. The molecular weight excluding hydrogens is 196 g/mol. The van der Waals surface area contributed by atoms with Crippen LogP contribution in [0.5, 0.6) is 0 Å². The van der Waals surface area contributed by atoms with Crippen molar-refractivity contribution in [2.24, 2.45) is 11.7 Å². The summed E-state index contributed by atoms with van der Waals surface area (Å²) in [7, 11) is 2.01. The van der Waals surface area contributed by atoms with Gasteiger partial charge in [0.05, 0.1) is 0 Å². The van der Waals surface area contributed by atoms with Crippen LogP contribution in [0.1, 0.15) is 59.3 Å². The topological polar surface area (TPSA) is 38.0 Å². The zero-order valence-corrected chi connectivity index (χ0v) is 11.6. The Kier molecular flexibility index (Phi) is 9.40. The molecule has 0 fully saturated rings. The summed E-state index contributed by atoms with van der Waals surface area (Å²) in [6.45, 7) is 6.73. The van der Waals surface area contributed by atoms with E-state index in [2.05, 4.69) is 26.1 Å². The Balaban J connectivity index is 4.17. The van der Waals surface area contributed by atoms with Crippen molar-refractivity contribution in [3.05, 3.63) is 11.8 Å². The molecule has 0 bridgehead atoms. The van der Waals surface area contributed by atoms with Gasteiger partial charge in [-0.3, -0.25) is 0 Å². The van der Waals surface area contributed by atoms with E-state index >= 15 is 0 Å². The van der Waals surface area contributed by atoms with Gasteiger partial charge in [0.2, 0.25) is 0 Å². The van der Waals surface area contributed by atoms with Gasteiger partial charge in [0.25, 0.3) is 0 Å². The first kappa shape index (κ1) is 15.5. The average molecular weight is 226 g/mol. The lowest BCUT2D eigenvalue weighted by atomic mass is 9.88. The van der Waals surface area contributed by atoms with E-state index < -0.39 is 0 Å². The van der Waals surface area contributed by atoms with E-state index in [1.165, 1.54) is 37.7 Å². The lowest BCUT2D eigenvalue weighted by molar-refractivity contribution is 0.468. The third-order valence-corrected chi connectivity index (χ3v) is 3.42. The first-order chi connectivity index (χ1) is 7.69. The molecule has 0 radical (unpaired) electrons. The van der Waals surface area contributed by atoms with Crippen molar-refractivity contribution in [1.29, 1.82) is 0 Å². The highest BCUT2D eigenvalue weighted by Crippen LogP contribution is 2.25. The molecule has 2 unspecified atom stereocenters. The lowest BCUT2D eigenvalue weighted by Gasteiger charge is -2.21. The van der Waals surface area contributed by atoms with E-state index in [9.17, 15) is 0 Å². The Hall–Kier alpha value is -0.500. The maximum atomic E-state index is 5.77. The highest BCUT2D eigenvalue weighted by Gasteiger charge is 2.13. The van der Waals surface area contributed by atoms with Gasteiger partial charge in [-0.1, -0.05) is 38.7 Å². The molecule has 0 aliphatic heterocycles. The van der Waals surface area contributed by atoms with E-state index in [1.54, 1.807) is 0 Å². The van der Waals surface area contributed by atoms with Gasteiger partial charge in [-0.2, -0.15) is 0 Å². The van der Waals surface area contributed by atoms with Crippen LogP contribution in [0, 0.1) is 5.92 Å². The Morgan fingerprint density at radius 3 is 2.44 bits per heavy atom. The minimum atomic E-state index is 0.523. The molecule has 3 N–H and O–H groups in total. The quantitative estimate of drug-likeness (QED) is 0.591. The predicted molar refractivity (Wildman–Crippen MR) is 73.3 cm³/mol. The highest BCUT2D eigenvalue weighted by atomic mass is 14.8. The van der Waals surface area contributed by atoms with Crippen LogP contribution in [0.25, 0.3) is 0 Å². The summed E-state index contributed by atoms with van der Waals surface area (Å²) in [5, 5.41) is 3.28. The van der Waals surface area contributed by atoms with Gasteiger partial charge in [0.1, 0.15) is 0 Å². The number of hydrogen-bond donors (Lipinski definition) is 2. The van der Waals surface area contributed by atoms with E-state index in [-0.39, 0.29) is 0 Å². The summed E-state index contributed by atoms with van der Waals surface area (Å²) in [6.07, 6.45) is 9.40. The van der Waals surface area contributed by atoms with Crippen LogP contribution in [-0.4, -0.2) is 13.1 Å². The van der Waals surface area contributed by atoms with Gasteiger partial charge < -0.3 is 11.1 Å². The second-order valence-corrected chi connectivity index (χ2v) is 4.74. The molecule has 0 rings (SSSR count).